The third-order valence-corrected chi connectivity index (χ3v) is 4.19. The van der Waals surface area contributed by atoms with E-state index >= 15 is 0 Å². The molecule has 1 aromatic rings. The molecule has 1 saturated heterocycles. The van der Waals surface area contributed by atoms with E-state index in [1.54, 1.807) is 0 Å². The quantitative estimate of drug-likeness (QED) is 0.664. The Bertz CT molecular complexity index is 517. The van der Waals surface area contributed by atoms with Gasteiger partial charge >= 0.3 is 0 Å². The van der Waals surface area contributed by atoms with Gasteiger partial charge in [-0.15, -0.1) is 37.2 Å². The molecule has 26 heavy (non-hydrogen) atoms. The van der Waals surface area contributed by atoms with Crippen molar-refractivity contribution in [2.24, 2.45) is 5.73 Å². The van der Waals surface area contributed by atoms with E-state index in [9.17, 15) is 4.79 Å². The highest BCUT2D eigenvalue weighted by atomic mass is 35.5. The van der Waals surface area contributed by atoms with Crippen LogP contribution in [-0.2, 0) is 9.53 Å². The lowest BCUT2D eigenvalue weighted by molar-refractivity contribution is -0.123. The molecule has 1 heterocycles. The molecule has 0 bridgehead atoms. The maximum Gasteiger partial charge on any atom is 0.239 e. The molecule has 1 aromatic carbocycles. The predicted octanol–water partition coefficient (Wildman–Crippen LogP) is 1.82. The number of halogens is 4. The number of nitrogens with zero attached hydrogens (tertiary/aromatic N) is 2. The third-order valence-electron chi connectivity index (χ3n) is 3.96. The van der Waals surface area contributed by atoms with E-state index in [4.69, 9.17) is 22.1 Å². The summed E-state index contributed by atoms with van der Waals surface area (Å²) in [5.41, 5.74) is 6.84. The van der Waals surface area contributed by atoms with Crippen molar-refractivity contribution >= 4 is 60.4 Å². The van der Waals surface area contributed by atoms with Gasteiger partial charge < -0.3 is 20.7 Å². The second-order valence-electron chi connectivity index (χ2n) is 5.66. The number of piperazine rings is 1. The van der Waals surface area contributed by atoms with Gasteiger partial charge in [-0.1, -0.05) is 17.7 Å². The topological polar surface area (TPSA) is 70.8 Å². The van der Waals surface area contributed by atoms with Crippen molar-refractivity contribution in [3.05, 3.63) is 29.3 Å². The normalized spacial score (nSPS) is 15.1. The summed E-state index contributed by atoms with van der Waals surface area (Å²) in [5, 5.41) is 3.61. The second kappa shape index (κ2) is 14.6. The number of nitrogens with one attached hydrogen (secondary N) is 1. The zero-order chi connectivity index (χ0) is 16.7. The Hall–Kier alpha value is -0.470. The van der Waals surface area contributed by atoms with E-state index in [1.165, 1.54) is 7.11 Å². The minimum absolute atomic E-state index is 0. The van der Waals surface area contributed by atoms with Crippen LogP contribution in [0.2, 0.25) is 5.02 Å². The van der Waals surface area contributed by atoms with E-state index in [2.05, 4.69) is 21.2 Å². The summed E-state index contributed by atoms with van der Waals surface area (Å²) >= 11 is 6.04. The molecule has 1 aliphatic heterocycles. The van der Waals surface area contributed by atoms with Crippen LogP contribution in [0.15, 0.2) is 24.3 Å². The molecule has 3 N–H and O–H groups in total. The molecule has 0 aromatic heterocycles. The number of anilines is 1. The molecule has 0 spiro atoms. The number of rotatable bonds is 7. The van der Waals surface area contributed by atoms with Crippen LogP contribution < -0.4 is 16.0 Å². The van der Waals surface area contributed by atoms with E-state index in [-0.39, 0.29) is 49.7 Å². The monoisotopic (exact) mass is 448 g/mol. The maximum atomic E-state index is 11.7. The number of carbonyl (C=O) groups excluding carboxylic acids is 1. The van der Waals surface area contributed by atoms with Crippen molar-refractivity contribution in [2.75, 3.05) is 57.9 Å². The SMILES string of the molecule is COCC(N)C(=O)NCCN1CCN(c2cccc(Cl)c2)CC1.Cl.Cl.Cl. The molecule has 2 rings (SSSR count). The van der Waals surface area contributed by atoms with Gasteiger partial charge in [-0.2, -0.15) is 0 Å². The summed E-state index contributed by atoms with van der Waals surface area (Å²) in [6.07, 6.45) is 0. The molecule has 1 amide bonds. The number of carbonyl (C=O) groups is 1. The van der Waals surface area contributed by atoms with Gasteiger partial charge in [0.15, 0.2) is 0 Å². The van der Waals surface area contributed by atoms with Crippen molar-refractivity contribution in [1.82, 2.24) is 10.2 Å². The van der Waals surface area contributed by atoms with Crippen molar-refractivity contribution in [3.63, 3.8) is 0 Å². The molecular weight excluding hydrogens is 422 g/mol. The standard InChI is InChI=1S/C16H25ClN4O2.3ClH/c1-23-12-15(18)16(22)19-5-6-20-7-9-21(10-8-20)14-4-2-3-13(17)11-14;;;/h2-4,11,15H,5-10,12,18H2,1H3,(H,19,22);3*1H. The van der Waals surface area contributed by atoms with Crippen molar-refractivity contribution in [1.29, 1.82) is 0 Å². The Morgan fingerprint density at radius 3 is 2.50 bits per heavy atom. The predicted molar refractivity (Wildman–Crippen MR) is 115 cm³/mol. The zero-order valence-electron chi connectivity index (χ0n) is 14.7. The molecule has 1 unspecified atom stereocenters. The average Bonchev–Trinajstić information content (AvgIpc) is 2.55. The zero-order valence-corrected chi connectivity index (χ0v) is 17.9. The third kappa shape index (κ3) is 8.95. The van der Waals surface area contributed by atoms with Crippen LogP contribution in [0.1, 0.15) is 0 Å². The molecule has 1 fully saturated rings. The summed E-state index contributed by atoms with van der Waals surface area (Å²) in [6.45, 7) is 5.51. The van der Waals surface area contributed by atoms with Crippen LogP contribution in [0.5, 0.6) is 0 Å². The summed E-state index contributed by atoms with van der Waals surface area (Å²) < 4.78 is 4.87. The Morgan fingerprint density at radius 1 is 1.27 bits per heavy atom. The highest BCUT2D eigenvalue weighted by Gasteiger charge is 2.18. The van der Waals surface area contributed by atoms with Crippen LogP contribution in [0.4, 0.5) is 5.69 Å². The van der Waals surface area contributed by atoms with Crippen LogP contribution in [-0.4, -0.2) is 69.8 Å². The number of nitrogens with two attached hydrogens (primary N) is 1. The number of hydrogen-bond donors (Lipinski definition) is 2. The fourth-order valence-electron chi connectivity index (χ4n) is 2.63. The first-order chi connectivity index (χ1) is 11.1. The Balaban J connectivity index is 0. The minimum atomic E-state index is -0.598. The molecule has 1 aliphatic rings. The lowest BCUT2D eigenvalue weighted by Gasteiger charge is -2.36. The number of hydrogen-bond acceptors (Lipinski definition) is 5. The van der Waals surface area contributed by atoms with Crippen molar-refractivity contribution in [3.8, 4) is 0 Å². The summed E-state index contributed by atoms with van der Waals surface area (Å²) in [4.78, 5) is 16.4. The molecule has 0 radical (unpaired) electrons. The molecule has 1 atom stereocenters. The van der Waals surface area contributed by atoms with Crippen molar-refractivity contribution in [2.45, 2.75) is 6.04 Å². The summed E-state index contributed by atoms with van der Waals surface area (Å²) in [7, 11) is 1.53. The van der Waals surface area contributed by atoms with Gasteiger partial charge in [-0.3, -0.25) is 9.69 Å². The Morgan fingerprint density at radius 2 is 1.92 bits per heavy atom. The fraction of sp³-hybridized carbons (Fsp3) is 0.562. The number of ether oxygens (including phenoxy) is 1. The maximum absolute atomic E-state index is 11.7. The van der Waals surface area contributed by atoms with Gasteiger partial charge in [0.2, 0.25) is 5.91 Å². The van der Waals surface area contributed by atoms with Gasteiger partial charge in [-0.05, 0) is 18.2 Å². The highest BCUT2D eigenvalue weighted by Crippen LogP contribution is 2.20. The molecular formula is C16H28Cl4N4O2. The highest BCUT2D eigenvalue weighted by molar-refractivity contribution is 6.30. The number of benzene rings is 1. The largest absolute Gasteiger partial charge is 0.383 e. The average molecular weight is 450 g/mol. The first kappa shape index (κ1) is 27.7. The number of amides is 1. The molecule has 6 nitrogen and oxygen atoms in total. The molecule has 152 valence electrons. The van der Waals surface area contributed by atoms with Gasteiger partial charge in [0.05, 0.1) is 6.61 Å². The van der Waals surface area contributed by atoms with Gasteiger partial charge in [0.1, 0.15) is 6.04 Å². The summed E-state index contributed by atoms with van der Waals surface area (Å²) in [5.74, 6) is -0.163. The Kier molecular flexibility index (Phi) is 15.5. The molecule has 10 heteroatoms. The molecule has 0 saturated carbocycles. The van der Waals surface area contributed by atoms with E-state index in [0.717, 1.165) is 43.4 Å². The lowest BCUT2D eigenvalue weighted by atomic mass is 10.2. The summed E-state index contributed by atoms with van der Waals surface area (Å²) in [6, 6.07) is 7.34. The van der Waals surface area contributed by atoms with Gasteiger partial charge in [-0.25, -0.2) is 0 Å². The van der Waals surface area contributed by atoms with Gasteiger partial charge in [0, 0.05) is 57.1 Å². The van der Waals surface area contributed by atoms with E-state index < -0.39 is 6.04 Å². The van der Waals surface area contributed by atoms with Crippen LogP contribution >= 0.6 is 48.8 Å². The van der Waals surface area contributed by atoms with Crippen LogP contribution in [0.25, 0.3) is 0 Å². The smallest absolute Gasteiger partial charge is 0.239 e. The van der Waals surface area contributed by atoms with Crippen LogP contribution in [0.3, 0.4) is 0 Å². The van der Waals surface area contributed by atoms with Crippen molar-refractivity contribution < 1.29 is 9.53 Å². The first-order valence-corrected chi connectivity index (χ1v) is 8.23. The Labute approximate surface area is 179 Å². The van der Waals surface area contributed by atoms with E-state index in [0.29, 0.717) is 6.54 Å². The van der Waals surface area contributed by atoms with E-state index in [1.807, 2.05) is 18.2 Å². The minimum Gasteiger partial charge on any atom is -0.383 e. The fourth-order valence-corrected chi connectivity index (χ4v) is 2.81. The van der Waals surface area contributed by atoms with Gasteiger partial charge in [0.25, 0.3) is 0 Å². The lowest BCUT2D eigenvalue weighted by Crippen LogP contribution is -2.50. The second-order valence-corrected chi connectivity index (χ2v) is 6.10. The molecule has 0 aliphatic carbocycles. The number of methoxy groups -OCH3 is 1. The van der Waals surface area contributed by atoms with Crippen LogP contribution in [0, 0.1) is 0 Å². The first-order valence-electron chi connectivity index (χ1n) is 7.85.